The first-order valence-electron chi connectivity index (χ1n) is 28.7. The van der Waals surface area contributed by atoms with Crippen molar-refractivity contribution in [2.24, 2.45) is 0 Å². The maximum absolute atomic E-state index is 2.97. The van der Waals surface area contributed by atoms with Crippen LogP contribution in [-0.4, -0.2) is 133 Å². The summed E-state index contributed by atoms with van der Waals surface area (Å²) in [5.41, 5.74) is 11.1. The van der Waals surface area contributed by atoms with Crippen LogP contribution in [0.1, 0.15) is 70.8 Å². The number of benzene rings is 2. The van der Waals surface area contributed by atoms with Gasteiger partial charge >= 0.3 is 0 Å². The van der Waals surface area contributed by atoms with Gasteiger partial charge in [0.15, 0.2) is 0 Å². The Morgan fingerprint density at radius 3 is 0.514 bits per heavy atom. The molecule has 0 aliphatic heterocycles. The van der Waals surface area contributed by atoms with E-state index in [9.17, 15) is 0 Å². The Morgan fingerprint density at radius 1 is 0.250 bits per heavy atom. The Labute approximate surface area is 486 Å². The zero-order valence-electron chi connectivity index (χ0n) is 55.4. The SMILES string of the molecule is C[Si](C)(C)C(c1cc(C([Si](C)(C)C)[Si](C)(C)C)c(PCCCPc2c(C([Si](C)(C)C)[Si](C)(C)C)cc(C([Si](C)(C)C)[Si](C)(C)C)cc2C([Si](C)(C)C)[Si](C)(C)C)c(C([Si](C)(C)C)[Si](C)(C)C)c1)[Si](C)(C)C.[Sn]. The van der Waals surface area contributed by atoms with Gasteiger partial charge < -0.3 is 0 Å². The van der Waals surface area contributed by atoms with Crippen molar-refractivity contribution in [2.75, 3.05) is 12.3 Å². The van der Waals surface area contributed by atoms with Crippen molar-refractivity contribution in [3.8, 4) is 0 Å². The van der Waals surface area contributed by atoms with E-state index in [0.29, 0.717) is 0 Å². The molecule has 0 bridgehead atoms. The minimum absolute atomic E-state index is 0. The van der Waals surface area contributed by atoms with Gasteiger partial charge in [-0.15, -0.1) is 0 Å². The molecule has 0 heterocycles. The van der Waals surface area contributed by atoms with Crippen molar-refractivity contribution in [3.63, 3.8) is 0 Å². The minimum atomic E-state index is -1.59. The molecule has 2 atom stereocenters. The van der Waals surface area contributed by atoms with E-state index >= 15 is 0 Å². The van der Waals surface area contributed by atoms with Crippen LogP contribution < -0.4 is 10.6 Å². The largest absolute Gasteiger partial charge is 0.0898 e. The second-order valence-corrected chi connectivity index (χ2v) is 106. The van der Waals surface area contributed by atoms with Crippen LogP contribution in [0.4, 0.5) is 0 Å². The predicted molar refractivity (Wildman–Crippen MR) is 385 cm³/mol. The molecule has 2 unspecified atom stereocenters. The fourth-order valence-corrected chi connectivity index (χ4v) is 97.8. The van der Waals surface area contributed by atoms with Crippen LogP contribution in [-0.2, 0) is 0 Å². The fraction of sp³-hybridized carbons (Fsp3) is 0.789. The van der Waals surface area contributed by atoms with Gasteiger partial charge in [0.25, 0.3) is 0 Å². The number of hydrogen-bond donors (Lipinski definition) is 0. The molecule has 0 nitrogen and oxygen atoms in total. The molecule has 72 heavy (non-hydrogen) atoms. The molecule has 0 fully saturated rings. The monoisotopic (exact) mass is 1330 g/mol. The summed E-state index contributed by atoms with van der Waals surface area (Å²) >= 11 is 0. The topological polar surface area (TPSA) is 0 Å². The Morgan fingerprint density at radius 2 is 0.389 bits per heavy atom. The molecule has 2 aromatic carbocycles. The van der Waals surface area contributed by atoms with E-state index in [1.807, 2.05) is 32.9 Å². The average molecular weight is 1330 g/mol. The first-order chi connectivity index (χ1) is 30.9. The molecule has 0 aliphatic carbocycles. The molecule has 0 N–H and O–H groups in total. The Hall–Kier alpha value is 2.70. The van der Waals surface area contributed by atoms with Crippen LogP contribution in [0.2, 0.25) is 236 Å². The van der Waals surface area contributed by atoms with Gasteiger partial charge in [0.1, 0.15) is 0 Å². The van der Waals surface area contributed by atoms with Crippen LogP contribution in [0.3, 0.4) is 0 Å². The van der Waals surface area contributed by atoms with E-state index in [1.165, 1.54) is 18.7 Å². The standard InChI is InChI=1S/C57H126P2Si12.Sn/c1-60(2,3)52(61(4,5)6)44-40-46(54(64(13,14)15)65(16,17)18)50(47(41-44)55(66(19,20)21)67(22,23)24)58-38-37-39-59-51-48(56(68(25,26)27)69(28,29)30)42-45(53(62(7,8)9)63(10,11)12)43-49(51)57(70(31,32)33)71(34,35)36;/h40-43,52-59H,37-39H2,1-36H3;. The molecule has 2 rings (SSSR count). The van der Waals surface area contributed by atoms with Crippen LogP contribution in [0.15, 0.2) is 24.3 Å². The van der Waals surface area contributed by atoms with E-state index in [1.54, 1.807) is 11.1 Å². The third-order valence-electron chi connectivity index (χ3n) is 15.7. The third kappa shape index (κ3) is 19.4. The van der Waals surface area contributed by atoms with Crippen LogP contribution in [0, 0.1) is 0 Å². The summed E-state index contributed by atoms with van der Waals surface area (Å²) in [5.74, 6) is 0. The van der Waals surface area contributed by atoms with Gasteiger partial charge in [-0.3, -0.25) is 0 Å². The molecule has 4 radical (unpaired) electrons. The quantitative estimate of drug-likeness (QED) is 0.0558. The minimum Gasteiger partial charge on any atom is -0.0898 e. The van der Waals surface area contributed by atoms with Gasteiger partial charge in [0.05, 0.1) is 0 Å². The van der Waals surface area contributed by atoms with Crippen molar-refractivity contribution in [2.45, 2.75) is 273 Å². The Bertz CT molecular complexity index is 1750. The molecule has 0 spiro atoms. The van der Waals surface area contributed by atoms with Gasteiger partial charge in [0, 0.05) is 121 Å². The third-order valence-corrected chi connectivity index (χ3v) is 74.6. The molecule has 0 saturated heterocycles. The summed E-state index contributed by atoms with van der Waals surface area (Å²) in [5, 5.41) is 8.42. The fourth-order valence-electron chi connectivity index (χ4n) is 17.1. The summed E-state index contributed by atoms with van der Waals surface area (Å²) < 4.78 is 0. The van der Waals surface area contributed by atoms with Gasteiger partial charge in [-0.05, 0) is 93.7 Å². The predicted octanol–water partition coefficient (Wildman–Crippen LogP) is 20.0. The normalized spacial score (nSPS) is 15.4. The summed E-state index contributed by atoms with van der Waals surface area (Å²) in [7, 11) is -17.0. The van der Waals surface area contributed by atoms with Crippen molar-refractivity contribution in [1.82, 2.24) is 0 Å². The summed E-state index contributed by atoms with van der Waals surface area (Å²) in [6.45, 7) is 98.5. The first kappa shape index (κ1) is 72.7. The van der Waals surface area contributed by atoms with Crippen LogP contribution >= 0.6 is 17.2 Å². The van der Waals surface area contributed by atoms with E-state index in [-0.39, 0.29) is 23.9 Å². The van der Waals surface area contributed by atoms with Gasteiger partial charge in [0.2, 0.25) is 0 Å². The second kappa shape index (κ2) is 24.7. The molecule has 0 aromatic heterocycles. The van der Waals surface area contributed by atoms with E-state index in [0.717, 1.165) is 48.1 Å². The molecule has 0 aliphatic rings. The van der Waals surface area contributed by atoms with Gasteiger partial charge in [-0.25, -0.2) is 0 Å². The zero-order chi connectivity index (χ0) is 56.4. The summed E-state index contributed by atoms with van der Waals surface area (Å²) in [6.07, 6.45) is 4.08. The van der Waals surface area contributed by atoms with E-state index in [2.05, 4.69) is 260 Å². The van der Waals surface area contributed by atoms with Gasteiger partial charge in [-0.2, -0.15) is 0 Å². The average Bonchev–Trinajstić information content (AvgIpc) is 2.98. The van der Waals surface area contributed by atoms with Crippen LogP contribution in [0.5, 0.6) is 0 Å². The molecule has 2 aromatic rings. The maximum atomic E-state index is 2.97. The zero-order valence-corrected chi connectivity index (χ0v) is 72.2. The van der Waals surface area contributed by atoms with Crippen molar-refractivity contribution in [3.05, 3.63) is 57.6 Å². The summed E-state index contributed by atoms with van der Waals surface area (Å²) in [4.78, 5) is 0. The Balaban J connectivity index is 0.0000259. The molecule has 15 heteroatoms. The number of hydrogen-bond acceptors (Lipinski definition) is 0. The maximum Gasteiger partial charge on any atom is 0.0493 e. The van der Waals surface area contributed by atoms with Crippen molar-refractivity contribution < 1.29 is 0 Å². The van der Waals surface area contributed by atoms with Gasteiger partial charge in [-0.1, -0.05) is 277 Å². The molecular weight excluding hydrogens is 1200 g/mol. The van der Waals surface area contributed by atoms with Crippen molar-refractivity contribution in [1.29, 1.82) is 0 Å². The molecule has 416 valence electrons. The van der Waals surface area contributed by atoms with Crippen LogP contribution in [0.25, 0.3) is 0 Å². The molecule has 0 amide bonds. The van der Waals surface area contributed by atoms with E-state index in [4.69, 9.17) is 0 Å². The smallest absolute Gasteiger partial charge is 0.0493 e. The molecule has 0 saturated carbocycles. The van der Waals surface area contributed by atoms with Crippen molar-refractivity contribution >= 4 is 149 Å². The molecular formula is C57H126P2Si12Sn. The Kier molecular flexibility index (Phi) is 24.9. The van der Waals surface area contributed by atoms with E-state index < -0.39 is 96.9 Å². The summed E-state index contributed by atoms with van der Waals surface area (Å²) in [6, 6.07) is 11.9. The second-order valence-electron chi connectivity index (χ2n) is 36.3. The number of rotatable bonds is 24. The first-order valence-corrected chi connectivity index (χ1v) is 74.1.